The number of alkyl carbamates (subject to hydrolysis) is 1. The first kappa shape index (κ1) is 14.4. The summed E-state index contributed by atoms with van der Waals surface area (Å²) in [6, 6.07) is 5.60. The average Bonchev–Trinajstić information content (AvgIpc) is 2.23. The highest BCUT2D eigenvalue weighted by molar-refractivity contribution is 5.67. The van der Waals surface area contributed by atoms with Crippen molar-refractivity contribution in [2.24, 2.45) is 0 Å². The first-order chi connectivity index (χ1) is 8.28. The van der Waals surface area contributed by atoms with E-state index in [2.05, 4.69) is 5.32 Å². The molecule has 0 unspecified atom stereocenters. The Balaban J connectivity index is 2.46. The number of hydrogen-bond acceptors (Lipinski definition) is 3. The molecule has 4 nitrogen and oxygen atoms in total. The van der Waals surface area contributed by atoms with E-state index in [0.717, 1.165) is 0 Å². The highest BCUT2D eigenvalue weighted by atomic mass is 19.1. The van der Waals surface area contributed by atoms with Crippen molar-refractivity contribution in [1.29, 1.82) is 0 Å². The zero-order valence-corrected chi connectivity index (χ0v) is 10.7. The fourth-order valence-corrected chi connectivity index (χ4v) is 1.33. The lowest BCUT2D eigenvalue weighted by Gasteiger charge is -2.20. The van der Waals surface area contributed by atoms with Crippen LogP contribution in [0.3, 0.4) is 0 Å². The summed E-state index contributed by atoms with van der Waals surface area (Å²) in [5.74, 6) is -0.427. The Hall–Kier alpha value is -1.62. The van der Waals surface area contributed by atoms with Gasteiger partial charge in [-0.05, 0) is 38.5 Å². The van der Waals surface area contributed by atoms with E-state index in [1.165, 1.54) is 18.2 Å². The molecule has 0 heterocycles. The largest absolute Gasteiger partial charge is 0.444 e. The molecule has 100 valence electrons. The molecule has 0 aliphatic carbocycles. The lowest BCUT2D eigenvalue weighted by molar-refractivity contribution is 0.0492. The molecule has 0 aliphatic heterocycles. The van der Waals surface area contributed by atoms with Crippen LogP contribution in [0.5, 0.6) is 0 Å². The van der Waals surface area contributed by atoms with Crippen LogP contribution in [0, 0.1) is 5.82 Å². The smallest absolute Gasteiger partial charge is 0.407 e. The summed E-state index contributed by atoms with van der Waals surface area (Å²) < 4.78 is 17.9. The summed E-state index contributed by atoms with van der Waals surface area (Å²) >= 11 is 0. The molecule has 0 fully saturated rings. The number of carbonyl (C=O) groups excluding carboxylic acids is 1. The van der Waals surface area contributed by atoms with Gasteiger partial charge in [0.15, 0.2) is 0 Å². The average molecular weight is 255 g/mol. The van der Waals surface area contributed by atoms with Crippen molar-refractivity contribution in [2.75, 3.05) is 6.54 Å². The zero-order chi connectivity index (χ0) is 13.8. The Labute approximate surface area is 106 Å². The maximum Gasteiger partial charge on any atom is 0.407 e. The normalized spacial score (nSPS) is 12.9. The zero-order valence-electron chi connectivity index (χ0n) is 10.7. The Kier molecular flexibility index (Phi) is 4.67. The van der Waals surface area contributed by atoms with Crippen LogP contribution in [0.25, 0.3) is 0 Å². The second-order valence-electron chi connectivity index (χ2n) is 4.95. The molecule has 0 spiro atoms. The number of aliphatic hydroxyl groups excluding tert-OH is 1. The third-order valence-electron chi connectivity index (χ3n) is 2.07. The summed E-state index contributed by atoms with van der Waals surface area (Å²) in [4.78, 5) is 11.3. The number of hydrogen-bond donors (Lipinski definition) is 2. The summed E-state index contributed by atoms with van der Waals surface area (Å²) in [5.41, 5.74) is -0.181. The van der Waals surface area contributed by atoms with E-state index in [1.807, 2.05) is 0 Å². The van der Waals surface area contributed by atoms with E-state index in [9.17, 15) is 14.3 Å². The van der Waals surface area contributed by atoms with E-state index >= 15 is 0 Å². The van der Waals surface area contributed by atoms with Crippen LogP contribution in [-0.4, -0.2) is 23.3 Å². The van der Waals surface area contributed by atoms with Crippen LogP contribution < -0.4 is 5.32 Å². The van der Waals surface area contributed by atoms with E-state index in [1.54, 1.807) is 26.8 Å². The topological polar surface area (TPSA) is 58.6 Å². The number of carbonyl (C=O) groups is 1. The molecule has 5 heteroatoms. The van der Waals surface area contributed by atoms with Gasteiger partial charge >= 0.3 is 6.09 Å². The van der Waals surface area contributed by atoms with Gasteiger partial charge in [0.2, 0.25) is 0 Å². The summed E-state index contributed by atoms with van der Waals surface area (Å²) in [7, 11) is 0. The van der Waals surface area contributed by atoms with Gasteiger partial charge in [-0.15, -0.1) is 0 Å². The summed E-state index contributed by atoms with van der Waals surface area (Å²) in [6.45, 7) is 5.21. The van der Waals surface area contributed by atoms with Gasteiger partial charge in [0.1, 0.15) is 11.4 Å². The molecule has 0 bridgehead atoms. The molecule has 0 saturated heterocycles. The van der Waals surface area contributed by atoms with Gasteiger partial charge < -0.3 is 15.2 Å². The molecule has 0 radical (unpaired) electrons. The van der Waals surface area contributed by atoms with E-state index in [4.69, 9.17) is 4.74 Å². The number of aliphatic hydroxyl groups is 1. The maximum absolute atomic E-state index is 12.9. The van der Waals surface area contributed by atoms with Gasteiger partial charge in [-0.1, -0.05) is 12.1 Å². The van der Waals surface area contributed by atoms with Crippen molar-refractivity contribution >= 4 is 6.09 Å². The van der Waals surface area contributed by atoms with Gasteiger partial charge in [0, 0.05) is 0 Å². The van der Waals surface area contributed by atoms with Gasteiger partial charge in [0.25, 0.3) is 0 Å². The van der Waals surface area contributed by atoms with Crippen LogP contribution in [0.1, 0.15) is 32.4 Å². The number of benzene rings is 1. The number of nitrogens with one attached hydrogen (secondary N) is 1. The van der Waals surface area contributed by atoms with Crippen LogP contribution >= 0.6 is 0 Å². The Morgan fingerprint density at radius 3 is 2.72 bits per heavy atom. The number of halogens is 1. The third-order valence-corrected chi connectivity index (χ3v) is 2.07. The standard InChI is InChI=1S/C13H18FNO3/c1-13(2,3)18-12(17)15-8-11(16)9-5-4-6-10(14)7-9/h4-7,11,16H,8H2,1-3H3,(H,15,17)/t11-/m1/s1. The first-order valence-corrected chi connectivity index (χ1v) is 5.68. The van der Waals surface area contributed by atoms with Crippen molar-refractivity contribution in [3.63, 3.8) is 0 Å². The highest BCUT2D eigenvalue weighted by Crippen LogP contribution is 2.13. The van der Waals surface area contributed by atoms with Crippen LogP contribution in [0.4, 0.5) is 9.18 Å². The minimum absolute atomic E-state index is 0.0294. The second kappa shape index (κ2) is 5.82. The highest BCUT2D eigenvalue weighted by Gasteiger charge is 2.17. The van der Waals surface area contributed by atoms with Crippen molar-refractivity contribution in [1.82, 2.24) is 5.32 Å². The Bertz CT molecular complexity index is 415. The van der Waals surface area contributed by atoms with Crippen LogP contribution in [-0.2, 0) is 4.74 Å². The predicted molar refractivity (Wildman–Crippen MR) is 65.6 cm³/mol. The molecule has 1 aromatic rings. The predicted octanol–water partition coefficient (Wildman–Crippen LogP) is 2.38. The Morgan fingerprint density at radius 2 is 2.17 bits per heavy atom. The Morgan fingerprint density at radius 1 is 1.50 bits per heavy atom. The van der Waals surface area contributed by atoms with Crippen molar-refractivity contribution in [3.05, 3.63) is 35.6 Å². The third kappa shape index (κ3) is 5.14. The molecular formula is C13H18FNO3. The van der Waals surface area contributed by atoms with Gasteiger partial charge in [-0.25, -0.2) is 9.18 Å². The van der Waals surface area contributed by atoms with Crippen molar-refractivity contribution < 1.29 is 19.0 Å². The molecule has 1 atom stereocenters. The summed E-state index contributed by atoms with van der Waals surface area (Å²) in [6.07, 6.45) is -1.58. The first-order valence-electron chi connectivity index (χ1n) is 5.68. The molecule has 0 saturated carbocycles. The van der Waals surface area contributed by atoms with Crippen LogP contribution in [0.15, 0.2) is 24.3 Å². The molecule has 1 amide bonds. The molecular weight excluding hydrogens is 237 g/mol. The van der Waals surface area contributed by atoms with Crippen molar-refractivity contribution in [2.45, 2.75) is 32.5 Å². The fraction of sp³-hybridized carbons (Fsp3) is 0.462. The second-order valence-corrected chi connectivity index (χ2v) is 4.95. The van der Waals surface area contributed by atoms with Gasteiger partial charge in [-0.3, -0.25) is 0 Å². The minimum Gasteiger partial charge on any atom is -0.444 e. The molecule has 2 N–H and O–H groups in total. The lowest BCUT2D eigenvalue weighted by Crippen LogP contribution is -2.34. The van der Waals surface area contributed by atoms with Gasteiger partial charge in [-0.2, -0.15) is 0 Å². The molecule has 1 rings (SSSR count). The van der Waals surface area contributed by atoms with Crippen LogP contribution in [0.2, 0.25) is 0 Å². The van der Waals surface area contributed by atoms with E-state index < -0.39 is 23.6 Å². The fourth-order valence-electron chi connectivity index (χ4n) is 1.33. The van der Waals surface area contributed by atoms with E-state index in [0.29, 0.717) is 5.56 Å². The van der Waals surface area contributed by atoms with Gasteiger partial charge in [0.05, 0.1) is 12.6 Å². The molecule has 0 aliphatic rings. The minimum atomic E-state index is -0.965. The molecule has 18 heavy (non-hydrogen) atoms. The molecule has 1 aromatic carbocycles. The monoisotopic (exact) mass is 255 g/mol. The number of ether oxygens (including phenoxy) is 1. The van der Waals surface area contributed by atoms with E-state index in [-0.39, 0.29) is 6.54 Å². The lowest BCUT2D eigenvalue weighted by atomic mass is 10.1. The van der Waals surface area contributed by atoms with Crippen molar-refractivity contribution in [3.8, 4) is 0 Å². The maximum atomic E-state index is 12.9. The SMILES string of the molecule is CC(C)(C)OC(=O)NC[C@@H](O)c1cccc(F)c1. The summed E-state index contributed by atoms with van der Waals surface area (Å²) in [5, 5.41) is 12.2. The quantitative estimate of drug-likeness (QED) is 0.871. The number of amides is 1. The number of rotatable bonds is 3. The molecule has 0 aromatic heterocycles.